The molecule has 0 spiro atoms. The first-order chi connectivity index (χ1) is 12.7. The van der Waals surface area contributed by atoms with E-state index in [0.717, 1.165) is 42.0 Å². The molecule has 6 nitrogen and oxygen atoms in total. The third-order valence-corrected chi connectivity index (χ3v) is 4.54. The number of carbonyl (C=O) groups is 1. The van der Waals surface area contributed by atoms with Gasteiger partial charge in [-0.15, -0.1) is 0 Å². The van der Waals surface area contributed by atoms with Gasteiger partial charge in [0.25, 0.3) is 5.91 Å². The van der Waals surface area contributed by atoms with Crippen LogP contribution in [0.15, 0.2) is 52.0 Å². The molecule has 0 aromatic heterocycles. The second kappa shape index (κ2) is 8.82. The minimum Gasteiger partial charge on any atom is -0.496 e. The monoisotopic (exact) mass is 417 g/mol. The van der Waals surface area contributed by atoms with Crippen LogP contribution in [0.2, 0.25) is 0 Å². The molecule has 2 aromatic carbocycles. The smallest absolute Gasteiger partial charge is 0.271 e. The van der Waals surface area contributed by atoms with Crippen LogP contribution in [0.25, 0.3) is 0 Å². The quantitative estimate of drug-likeness (QED) is 0.599. The molecule has 0 saturated carbocycles. The lowest BCUT2D eigenvalue weighted by Crippen LogP contribution is -2.36. The van der Waals surface area contributed by atoms with Crippen LogP contribution >= 0.6 is 15.9 Å². The number of hydrazone groups is 1. The Morgan fingerprint density at radius 1 is 1.27 bits per heavy atom. The normalized spacial score (nSPS) is 14.5. The van der Waals surface area contributed by atoms with E-state index < -0.39 is 0 Å². The van der Waals surface area contributed by atoms with Crippen molar-refractivity contribution >= 4 is 33.7 Å². The molecule has 1 heterocycles. The summed E-state index contributed by atoms with van der Waals surface area (Å²) in [4.78, 5) is 14.4. The fraction of sp³-hybridized carbons (Fsp3) is 0.263. The van der Waals surface area contributed by atoms with E-state index in [1.165, 1.54) is 0 Å². The van der Waals surface area contributed by atoms with Crippen molar-refractivity contribution in [1.29, 1.82) is 0 Å². The molecule has 1 saturated heterocycles. The Morgan fingerprint density at radius 2 is 2.08 bits per heavy atom. The first-order valence-electron chi connectivity index (χ1n) is 8.27. The molecular weight excluding hydrogens is 398 g/mol. The summed E-state index contributed by atoms with van der Waals surface area (Å²) in [6, 6.07) is 13.1. The van der Waals surface area contributed by atoms with Gasteiger partial charge in [0.05, 0.1) is 26.5 Å². The lowest BCUT2D eigenvalue weighted by Gasteiger charge is -2.29. The van der Waals surface area contributed by atoms with Gasteiger partial charge in [-0.25, -0.2) is 5.43 Å². The third kappa shape index (κ3) is 4.62. The Morgan fingerprint density at radius 3 is 2.81 bits per heavy atom. The van der Waals surface area contributed by atoms with Crippen molar-refractivity contribution in [3.63, 3.8) is 0 Å². The Balaban J connectivity index is 1.68. The van der Waals surface area contributed by atoms with Crippen molar-refractivity contribution in [2.45, 2.75) is 0 Å². The van der Waals surface area contributed by atoms with Gasteiger partial charge in [-0.2, -0.15) is 5.10 Å². The zero-order valence-electron chi connectivity index (χ0n) is 14.4. The summed E-state index contributed by atoms with van der Waals surface area (Å²) >= 11 is 3.35. The lowest BCUT2D eigenvalue weighted by molar-refractivity contribution is 0.0955. The molecule has 1 N–H and O–H groups in total. The number of ether oxygens (including phenoxy) is 2. The van der Waals surface area contributed by atoms with Crippen LogP contribution < -0.4 is 15.1 Å². The Labute approximate surface area is 160 Å². The van der Waals surface area contributed by atoms with Gasteiger partial charge in [-0.3, -0.25) is 4.79 Å². The number of benzene rings is 2. The summed E-state index contributed by atoms with van der Waals surface area (Å²) in [5.41, 5.74) is 4.94. The molecule has 3 rings (SSSR count). The second-order valence-electron chi connectivity index (χ2n) is 5.74. The summed E-state index contributed by atoms with van der Waals surface area (Å²) in [5, 5.41) is 4.04. The van der Waals surface area contributed by atoms with Crippen molar-refractivity contribution < 1.29 is 14.3 Å². The maximum absolute atomic E-state index is 12.1. The van der Waals surface area contributed by atoms with Crippen molar-refractivity contribution in [2.24, 2.45) is 5.10 Å². The summed E-state index contributed by atoms with van der Waals surface area (Å²) in [6.07, 6.45) is 1.58. The number of amides is 1. The minimum absolute atomic E-state index is 0.272. The van der Waals surface area contributed by atoms with Gasteiger partial charge in [-0.1, -0.05) is 22.0 Å². The molecule has 1 amide bonds. The van der Waals surface area contributed by atoms with E-state index in [0.29, 0.717) is 11.3 Å². The Hall–Kier alpha value is -2.38. The molecule has 1 aliphatic rings. The van der Waals surface area contributed by atoms with Crippen LogP contribution in [0.5, 0.6) is 5.75 Å². The first kappa shape index (κ1) is 18.4. The van der Waals surface area contributed by atoms with E-state index in [-0.39, 0.29) is 5.91 Å². The molecule has 0 unspecified atom stereocenters. The summed E-state index contributed by atoms with van der Waals surface area (Å²) < 4.78 is 11.7. The van der Waals surface area contributed by atoms with E-state index in [1.54, 1.807) is 31.5 Å². The highest BCUT2D eigenvalue weighted by atomic mass is 79.9. The molecule has 0 radical (unpaired) electrons. The van der Waals surface area contributed by atoms with Crippen molar-refractivity contribution in [3.8, 4) is 5.75 Å². The SMILES string of the molecule is COc1cc(N2CCOCC2)ccc1/C=N\NC(=O)c1cccc(Br)c1. The topological polar surface area (TPSA) is 63.2 Å². The van der Waals surface area contributed by atoms with Crippen molar-refractivity contribution in [2.75, 3.05) is 38.3 Å². The van der Waals surface area contributed by atoms with E-state index in [1.807, 2.05) is 24.3 Å². The number of rotatable bonds is 5. The van der Waals surface area contributed by atoms with Gasteiger partial charge in [-0.05, 0) is 30.3 Å². The van der Waals surface area contributed by atoms with E-state index in [4.69, 9.17) is 9.47 Å². The highest BCUT2D eigenvalue weighted by molar-refractivity contribution is 9.10. The number of halogens is 1. The summed E-state index contributed by atoms with van der Waals surface area (Å²) in [5.74, 6) is 0.431. The molecule has 1 fully saturated rings. The van der Waals surface area contributed by atoms with Crippen molar-refractivity contribution in [1.82, 2.24) is 5.43 Å². The highest BCUT2D eigenvalue weighted by Crippen LogP contribution is 2.25. The summed E-state index contributed by atoms with van der Waals surface area (Å²) in [6.45, 7) is 3.18. The zero-order valence-corrected chi connectivity index (χ0v) is 16.0. The van der Waals surface area contributed by atoms with Gasteiger partial charge in [0, 0.05) is 40.4 Å². The molecule has 0 aliphatic carbocycles. The van der Waals surface area contributed by atoms with Crippen LogP contribution in [0.1, 0.15) is 15.9 Å². The zero-order chi connectivity index (χ0) is 18.4. The fourth-order valence-corrected chi connectivity index (χ4v) is 3.08. The van der Waals surface area contributed by atoms with Crippen LogP contribution in [0, 0.1) is 0 Å². The van der Waals surface area contributed by atoms with Gasteiger partial charge >= 0.3 is 0 Å². The molecule has 26 heavy (non-hydrogen) atoms. The van der Waals surface area contributed by atoms with Gasteiger partial charge in [0.2, 0.25) is 0 Å². The maximum Gasteiger partial charge on any atom is 0.271 e. The number of carbonyl (C=O) groups excluding carboxylic acids is 1. The van der Waals surface area contributed by atoms with Crippen LogP contribution in [0.4, 0.5) is 5.69 Å². The lowest BCUT2D eigenvalue weighted by atomic mass is 10.1. The van der Waals surface area contributed by atoms with Crippen LogP contribution in [0.3, 0.4) is 0 Å². The number of hydrogen-bond acceptors (Lipinski definition) is 5. The van der Waals surface area contributed by atoms with E-state index >= 15 is 0 Å². The predicted molar refractivity (Wildman–Crippen MR) is 105 cm³/mol. The van der Waals surface area contributed by atoms with Gasteiger partial charge in [0.1, 0.15) is 5.75 Å². The van der Waals surface area contributed by atoms with Crippen molar-refractivity contribution in [3.05, 3.63) is 58.1 Å². The number of methoxy groups -OCH3 is 1. The van der Waals surface area contributed by atoms with Crippen LogP contribution in [-0.2, 0) is 4.74 Å². The minimum atomic E-state index is -0.272. The van der Waals surface area contributed by atoms with Gasteiger partial charge < -0.3 is 14.4 Å². The molecule has 0 bridgehead atoms. The highest BCUT2D eigenvalue weighted by Gasteiger charge is 2.13. The summed E-state index contributed by atoms with van der Waals surface area (Å²) in [7, 11) is 1.62. The first-order valence-corrected chi connectivity index (χ1v) is 9.06. The molecule has 2 aromatic rings. The molecule has 7 heteroatoms. The predicted octanol–water partition coefficient (Wildman–Crippen LogP) is 3.06. The third-order valence-electron chi connectivity index (χ3n) is 4.05. The number of morpholine rings is 1. The standard InChI is InChI=1S/C19H20BrN3O3/c1-25-18-12-17(23-7-9-26-10-8-23)6-5-15(18)13-21-22-19(24)14-3-2-4-16(20)11-14/h2-6,11-13H,7-10H2,1H3,(H,22,24)/b21-13-. The number of nitrogens with one attached hydrogen (secondary N) is 1. The van der Waals surface area contributed by atoms with E-state index in [2.05, 4.69) is 31.4 Å². The molecular formula is C19H20BrN3O3. The molecule has 0 atom stereocenters. The largest absolute Gasteiger partial charge is 0.496 e. The molecule has 1 aliphatic heterocycles. The fourth-order valence-electron chi connectivity index (χ4n) is 2.68. The Bertz CT molecular complexity index is 804. The maximum atomic E-state index is 12.1. The number of anilines is 1. The average Bonchev–Trinajstić information content (AvgIpc) is 2.68. The number of nitrogens with zero attached hydrogens (tertiary/aromatic N) is 2. The van der Waals surface area contributed by atoms with E-state index in [9.17, 15) is 4.79 Å². The average molecular weight is 418 g/mol. The number of hydrogen-bond donors (Lipinski definition) is 1. The van der Waals surface area contributed by atoms with Crippen LogP contribution in [-0.4, -0.2) is 45.5 Å². The van der Waals surface area contributed by atoms with Gasteiger partial charge in [0.15, 0.2) is 0 Å². The molecule has 136 valence electrons. The Kier molecular flexibility index (Phi) is 6.25. The second-order valence-corrected chi connectivity index (χ2v) is 6.65.